The Labute approximate surface area is 135 Å². The molecule has 1 aliphatic heterocycles. The SMILES string of the molecule is O=C(Nc1ccc(-n2ccnc2)nc1)[C@@]12CCCC[C@H]1CNC2. The minimum absolute atomic E-state index is 0.143. The lowest BCUT2D eigenvalue weighted by atomic mass is 9.67. The lowest BCUT2D eigenvalue weighted by Crippen LogP contribution is -2.44. The first kappa shape index (κ1) is 14.4. The number of aromatic nitrogens is 3. The molecular weight excluding hydrogens is 290 g/mol. The van der Waals surface area contributed by atoms with Crippen LogP contribution in [0.1, 0.15) is 25.7 Å². The van der Waals surface area contributed by atoms with Crippen molar-refractivity contribution in [3.8, 4) is 5.82 Å². The molecule has 0 radical (unpaired) electrons. The average Bonchev–Trinajstić information content (AvgIpc) is 3.25. The molecule has 4 rings (SSSR count). The van der Waals surface area contributed by atoms with Crippen LogP contribution in [-0.4, -0.2) is 33.5 Å². The van der Waals surface area contributed by atoms with E-state index in [4.69, 9.17) is 0 Å². The van der Waals surface area contributed by atoms with Crippen LogP contribution in [0.3, 0.4) is 0 Å². The van der Waals surface area contributed by atoms with Crippen LogP contribution < -0.4 is 10.6 Å². The van der Waals surface area contributed by atoms with Crippen LogP contribution in [0.25, 0.3) is 5.82 Å². The van der Waals surface area contributed by atoms with Gasteiger partial charge in [0.1, 0.15) is 12.1 Å². The van der Waals surface area contributed by atoms with Crippen LogP contribution in [0.5, 0.6) is 0 Å². The molecule has 0 bridgehead atoms. The summed E-state index contributed by atoms with van der Waals surface area (Å²) < 4.78 is 1.84. The van der Waals surface area contributed by atoms with Crippen LogP contribution in [0.2, 0.25) is 0 Å². The third-order valence-electron chi connectivity index (χ3n) is 5.27. The van der Waals surface area contributed by atoms with E-state index in [0.29, 0.717) is 5.92 Å². The van der Waals surface area contributed by atoms with E-state index in [1.807, 2.05) is 22.9 Å². The van der Waals surface area contributed by atoms with Gasteiger partial charge in [0.25, 0.3) is 0 Å². The summed E-state index contributed by atoms with van der Waals surface area (Å²) in [6, 6.07) is 3.79. The van der Waals surface area contributed by atoms with E-state index in [0.717, 1.165) is 43.9 Å². The predicted octanol–water partition coefficient (Wildman–Crippen LogP) is 1.99. The summed E-state index contributed by atoms with van der Waals surface area (Å²) in [5, 5.41) is 6.49. The number of imidazole rings is 1. The van der Waals surface area contributed by atoms with Crippen molar-refractivity contribution in [3.05, 3.63) is 37.1 Å². The molecule has 1 saturated carbocycles. The van der Waals surface area contributed by atoms with E-state index in [-0.39, 0.29) is 11.3 Å². The minimum atomic E-state index is -0.235. The highest BCUT2D eigenvalue weighted by molar-refractivity contribution is 5.96. The normalized spacial score (nSPS) is 26.7. The Morgan fingerprint density at radius 1 is 1.39 bits per heavy atom. The molecule has 2 aliphatic rings. The zero-order valence-corrected chi connectivity index (χ0v) is 13.0. The first-order chi connectivity index (χ1) is 11.3. The van der Waals surface area contributed by atoms with E-state index in [2.05, 4.69) is 20.6 Å². The van der Waals surface area contributed by atoms with E-state index in [1.54, 1.807) is 18.7 Å². The number of carbonyl (C=O) groups excluding carboxylic acids is 1. The van der Waals surface area contributed by atoms with Gasteiger partial charge in [0.05, 0.1) is 17.3 Å². The summed E-state index contributed by atoms with van der Waals surface area (Å²) in [4.78, 5) is 21.3. The van der Waals surface area contributed by atoms with E-state index >= 15 is 0 Å². The van der Waals surface area contributed by atoms with Gasteiger partial charge >= 0.3 is 0 Å². The third-order valence-corrected chi connectivity index (χ3v) is 5.27. The Hall–Kier alpha value is -2.21. The van der Waals surface area contributed by atoms with Crippen LogP contribution in [0, 0.1) is 11.3 Å². The first-order valence-electron chi connectivity index (χ1n) is 8.24. The van der Waals surface area contributed by atoms with Crippen LogP contribution in [-0.2, 0) is 4.79 Å². The lowest BCUT2D eigenvalue weighted by molar-refractivity contribution is -0.128. The zero-order chi connectivity index (χ0) is 15.7. The number of amides is 1. The van der Waals surface area contributed by atoms with Gasteiger partial charge in [-0.1, -0.05) is 12.8 Å². The number of rotatable bonds is 3. The van der Waals surface area contributed by atoms with Gasteiger partial charge in [-0.05, 0) is 37.4 Å². The molecule has 2 aromatic rings. The molecule has 2 fully saturated rings. The molecule has 0 unspecified atom stereocenters. The minimum Gasteiger partial charge on any atom is -0.324 e. The molecule has 1 aliphatic carbocycles. The van der Waals surface area contributed by atoms with Gasteiger partial charge in [-0.15, -0.1) is 0 Å². The molecular formula is C17H21N5O. The smallest absolute Gasteiger partial charge is 0.232 e. The Morgan fingerprint density at radius 3 is 3.13 bits per heavy atom. The second-order valence-electron chi connectivity index (χ2n) is 6.56. The number of anilines is 1. The quantitative estimate of drug-likeness (QED) is 0.909. The topological polar surface area (TPSA) is 71.8 Å². The highest BCUT2D eigenvalue weighted by atomic mass is 16.2. The van der Waals surface area contributed by atoms with Crippen molar-refractivity contribution in [1.82, 2.24) is 19.9 Å². The van der Waals surface area contributed by atoms with Crippen molar-refractivity contribution >= 4 is 11.6 Å². The van der Waals surface area contributed by atoms with Crippen LogP contribution >= 0.6 is 0 Å². The molecule has 0 aromatic carbocycles. The van der Waals surface area contributed by atoms with Gasteiger partial charge < -0.3 is 10.6 Å². The second kappa shape index (κ2) is 5.77. The molecule has 6 heteroatoms. The largest absolute Gasteiger partial charge is 0.324 e. The maximum absolute atomic E-state index is 12.9. The molecule has 23 heavy (non-hydrogen) atoms. The number of hydrogen-bond donors (Lipinski definition) is 2. The number of nitrogens with one attached hydrogen (secondary N) is 2. The van der Waals surface area contributed by atoms with Gasteiger partial charge in [-0.25, -0.2) is 9.97 Å². The standard InChI is InChI=1S/C17H21N5O/c23-16(17-6-2-1-3-13(17)9-19-11-17)21-14-4-5-15(20-10-14)22-8-7-18-12-22/h4-5,7-8,10,12-13,19H,1-3,6,9,11H2,(H,21,23)/t13-,17+/m0/s1. The van der Waals surface area contributed by atoms with E-state index < -0.39 is 0 Å². The average molecular weight is 311 g/mol. The van der Waals surface area contributed by atoms with Crippen molar-refractivity contribution < 1.29 is 4.79 Å². The van der Waals surface area contributed by atoms with E-state index in [9.17, 15) is 4.79 Å². The van der Waals surface area contributed by atoms with Crippen molar-refractivity contribution in [2.24, 2.45) is 11.3 Å². The maximum Gasteiger partial charge on any atom is 0.232 e. The molecule has 6 nitrogen and oxygen atoms in total. The number of fused-ring (bicyclic) bond motifs is 1. The summed E-state index contributed by atoms with van der Waals surface area (Å²) in [5.41, 5.74) is 0.519. The molecule has 2 aromatic heterocycles. The highest BCUT2D eigenvalue weighted by Crippen LogP contribution is 2.44. The number of nitrogens with zero attached hydrogens (tertiary/aromatic N) is 3. The fourth-order valence-corrected chi connectivity index (χ4v) is 3.95. The van der Waals surface area contributed by atoms with Crippen LogP contribution in [0.4, 0.5) is 5.69 Å². The summed E-state index contributed by atoms with van der Waals surface area (Å²) in [5.74, 6) is 1.40. The van der Waals surface area contributed by atoms with Gasteiger partial charge in [-0.3, -0.25) is 9.36 Å². The monoisotopic (exact) mass is 311 g/mol. The van der Waals surface area contributed by atoms with Crippen molar-refractivity contribution in [1.29, 1.82) is 0 Å². The number of carbonyl (C=O) groups is 1. The van der Waals surface area contributed by atoms with Gasteiger partial charge in [0.15, 0.2) is 0 Å². The number of pyridine rings is 1. The molecule has 0 spiro atoms. The Bertz CT molecular complexity index is 682. The highest BCUT2D eigenvalue weighted by Gasteiger charge is 2.49. The summed E-state index contributed by atoms with van der Waals surface area (Å²) in [6.07, 6.45) is 11.5. The van der Waals surface area contributed by atoms with Gasteiger partial charge in [0.2, 0.25) is 5.91 Å². The van der Waals surface area contributed by atoms with Gasteiger partial charge in [0, 0.05) is 18.9 Å². The maximum atomic E-state index is 12.9. The van der Waals surface area contributed by atoms with Crippen molar-refractivity contribution in [3.63, 3.8) is 0 Å². The fourth-order valence-electron chi connectivity index (χ4n) is 3.95. The summed E-state index contributed by atoms with van der Waals surface area (Å²) >= 11 is 0. The van der Waals surface area contributed by atoms with Crippen molar-refractivity contribution in [2.75, 3.05) is 18.4 Å². The lowest BCUT2D eigenvalue weighted by Gasteiger charge is -2.37. The zero-order valence-electron chi connectivity index (χ0n) is 13.0. The molecule has 120 valence electrons. The molecule has 1 saturated heterocycles. The van der Waals surface area contributed by atoms with Crippen molar-refractivity contribution in [2.45, 2.75) is 25.7 Å². The molecule has 2 atom stereocenters. The van der Waals surface area contributed by atoms with E-state index in [1.165, 1.54) is 6.42 Å². The predicted molar refractivity (Wildman–Crippen MR) is 87.2 cm³/mol. The summed E-state index contributed by atoms with van der Waals surface area (Å²) in [6.45, 7) is 1.76. The second-order valence-corrected chi connectivity index (χ2v) is 6.56. The Balaban J connectivity index is 1.50. The third kappa shape index (κ3) is 2.53. The molecule has 3 heterocycles. The molecule has 2 N–H and O–H groups in total. The van der Waals surface area contributed by atoms with Crippen LogP contribution in [0.15, 0.2) is 37.1 Å². The van der Waals surface area contributed by atoms with Gasteiger partial charge in [-0.2, -0.15) is 0 Å². The fraction of sp³-hybridized carbons (Fsp3) is 0.471. The first-order valence-corrected chi connectivity index (χ1v) is 8.24. The summed E-state index contributed by atoms with van der Waals surface area (Å²) in [7, 11) is 0. The molecule has 1 amide bonds. The Kier molecular flexibility index (Phi) is 3.61. The Morgan fingerprint density at radius 2 is 2.35 bits per heavy atom. The number of hydrogen-bond acceptors (Lipinski definition) is 4.